The second kappa shape index (κ2) is 6.75. The molecule has 120 valence electrons. The van der Waals surface area contributed by atoms with Gasteiger partial charge in [0.05, 0.1) is 13.2 Å². The molecular weight excluding hydrogens is 270 g/mol. The maximum atomic E-state index is 12.3. The van der Waals surface area contributed by atoms with Crippen molar-refractivity contribution >= 4 is 11.8 Å². The van der Waals surface area contributed by atoms with E-state index in [1.54, 1.807) is 0 Å². The minimum absolute atomic E-state index is 0.0494. The Morgan fingerprint density at radius 2 is 2.05 bits per heavy atom. The van der Waals surface area contributed by atoms with Crippen LogP contribution >= 0.6 is 0 Å². The van der Waals surface area contributed by atoms with Crippen LogP contribution < -0.4 is 10.6 Å². The molecule has 2 heterocycles. The number of rotatable bonds is 4. The molecule has 2 atom stereocenters. The molecule has 2 unspecified atom stereocenters. The standard InChI is InChI=1S/C15H27N3O3/c1-15(2,3)11-10-17-14(20)12(11)13(19)16-4-5-18-6-8-21-9-7-18/h11-12H,4-10H2,1-3H3,(H,16,19)(H,17,20). The Morgan fingerprint density at radius 1 is 1.38 bits per heavy atom. The molecule has 2 saturated heterocycles. The first-order valence-corrected chi connectivity index (χ1v) is 7.75. The van der Waals surface area contributed by atoms with E-state index in [1.807, 2.05) is 0 Å². The number of hydrogen-bond acceptors (Lipinski definition) is 4. The Bertz CT molecular complexity index is 386. The summed E-state index contributed by atoms with van der Waals surface area (Å²) in [5.41, 5.74) is -0.0641. The van der Waals surface area contributed by atoms with Gasteiger partial charge < -0.3 is 15.4 Å². The van der Waals surface area contributed by atoms with Crippen molar-refractivity contribution in [3.05, 3.63) is 0 Å². The maximum absolute atomic E-state index is 12.3. The van der Waals surface area contributed by atoms with E-state index in [2.05, 4.69) is 36.3 Å². The van der Waals surface area contributed by atoms with Crippen molar-refractivity contribution in [3.8, 4) is 0 Å². The highest BCUT2D eigenvalue weighted by Gasteiger charge is 2.45. The third kappa shape index (κ3) is 4.17. The Balaban J connectivity index is 1.82. The van der Waals surface area contributed by atoms with Gasteiger partial charge in [-0.3, -0.25) is 14.5 Å². The van der Waals surface area contributed by atoms with Crippen LogP contribution in [0.1, 0.15) is 20.8 Å². The Labute approximate surface area is 126 Å². The first-order chi connectivity index (χ1) is 9.89. The van der Waals surface area contributed by atoms with Gasteiger partial charge in [0.1, 0.15) is 5.92 Å². The zero-order valence-electron chi connectivity index (χ0n) is 13.3. The smallest absolute Gasteiger partial charge is 0.232 e. The molecule has 0 spiro atoms. The van der Waals surface area contributed by atoms with Crippen LogP contribution in [0.3, 0.4) is 0 Å². The zero-order chi connectivity index (χ0) is 15.5. The topological polar surface area (TPSA) is 70.7 Å². The Kier molecular flexibility index (Phi) is 5.22. The number of nitrogens with zero attached hydrogens (tertiary/aromatic N) is 1. The SMILES string of the molecule is CC(C)(C)C1CNC(=O)C1C(=O)NCCN1CCOCC1. The molecule has 2 amide bonds. The van der Waals surface area contributed by atoms with E-state index in [1.165, 1.54) is 0 Å². The molecule has 6 nitrogen and oxygen atoms in total. The normalized spacial score (nSPS) is 27.5. The van der Waals surface area contributed by atoms with E-state index in [9.17, 15) is 9.59 Å². The van der Waals surface area contributed by atoms with E-state index in [4.69, 9.17) is 4.74 Å². The molecule has 0 aromatic heterocycles. The third-order valence-electron chi connectivity index (χ3n) is 4.41. The minimum Gasteiger partial charge on any atom is -0.379 e. The lowest BCUT2D eigenvalue weighted by Gasteiger charge is -2.30. The van der Waals surface area contributed by atoms with Gasteiger partial charge in [0, 0.05) is 38.6 Å². The largest absolute Gasteiger partial charge is 0.379 e. The molecule has 21 heavy (non-hydrogen) atoms. The van der Waals surface area contributed by atoms with Crippen LogP contribution in [0, 0.1) is 17.3 Å². The summed E-state index contributed by atoms with van der Waals surface area (Å²) in [5.74, 6) is -0.792. The molecule has 2 fully saturated rings. The molecule has 0 aromatic carbocycles. The summed E-state index contributed by atoms with van der Waals surface area (Å²) in [4.78, 5) is 26.5. The fourth-order valence-corrected chi connectivity index (χ4v) is 3.00. The lowest BCUT2D eigenvalue weighted by atomic mass is 9.74. The van der Waals surface area contributed by atoms with Crippen LogP contribution in [0.5, 0.6) is 0 Å². The van der Waals surface area contributed by atoms with Crippen LogP contribution in [0.4, 0.5) is 0 Å². The van der Waals surface area contributed by atoms with Crippen LogP contribution in [0.2, 0.25) is 0 Å². The number of morpholine rings is 1. The van der Waals surface area contributed by atoms with Crippen molar-refractivity contribution in [2.45, 2.75) is 20.8 Å². The van der Waals surface area contributed by atoms with Crippen LogP contribution in [0.25, 0.3) is 0 Å². The number of carbonyl (C=O) groups is 2. The van der Waals surface area contributed by atoms with Crippen LogP contribution in [0.15, 0.2) is 0 Å². The number of carbonyl (C=O) groups excluding carboxylic acids is 2. The third-order valence-corrected chi connectivity index (χ3v) is 4.41. The van der Waals surface area contributed by atoms with Gasteiger partial charge in [-0.2, -0.15) is 0 Å². The van der Waals surface area contributed by atoms with Crippen molar-refractivity contribution in [1.82, 2.24) is 15.5 Å². The average molecular weight is 297 g/mol. The number of hydrogen-bond donors (Lipinski definition) is 2. The Morgan fingerprint density at radius 3 is 2.67 bits per heavy atom. The van der Waals surface area contributed by atoms with Gasteiger partial charge in [-0.25, -0.2) is 0 Å². The lowest BCUT2D eigenvalue weighted by Crippen LogP contribution is -2.45. The molecule has 2 aliphatic rings. The van der Waals surface area contributed by atoms with Gasteiger partial charge in [-0.05, 0) is 5.41 Å². The lowest BCUT2D eigenvalue weighted by molar-refractivity contribution is -0.135. The summed E-state index contributed by atoms with van der Waals surface area (Å²) >= 11 is 0. The second-order valence-corrected chi connectivity index (χ2v) is 6.94. The molecule has 2 aliphatic heterocycles. The number of nitrogens with one attached hydrogen (secondary N) is 2. The van der Waals surface area contributed by atoms with E-state index >= 15 is 0 Å². The van der Waals surface area contributed by atoms with Crippen molar-refractivity contribution in [1.29, 1.82) is 0 Å². The number of ether oxygens (including phenoxy) is 1. The van der Waals surface area contributed by atoms with Crippen LogP contribution in [-0.4, -0.2) is 62.7 Å². The van der Waals surface area contributed by atoms with Gasteiger partial charge in [0.15, 0.2) is 0 Å². The van der Waals surface area contributed by atoms with E-state index in [0.717, 1.165) is 32.8 Å². The summed E-state index contributed by atoms with van der Waals surface area (Å²) in [5, 5.41) is 5.74. The zero-order valence-corrected chi connectivity index (χ0v) is 13.3. The Hall–Kier alpha value is -1.14. The highest BCUT2D eigenvalue weighted by Crippen LogP contribution is 2.35. The molecule has 0 aliphatic carbocycles. The van der Waals surface area contributed by atoms with Crippen LogP contribution in [-0.2, 0) is 14.3 Å². The van der Waals surface area contributed by atoms with E-state index < -0.39 is 5.92 Å². The molecule has 0 aromatic rings. The fraction of sp³-hybridized carbons (Fsp3) is 0.867. The van der Waals surface area contributed by atoms with E-state index in [0.29, 0.717) is 13.1 Å². The van der Waals surface area contributed by atoms with Gasteiger partial charge in [-0.15, -0.1) is 0 Å². The van der Waals surface area contributed by atoms with Crippen molar-refractivity contribution in [2.24, 2.45) is 17.3 Å². The highest BCUT2D eigenvalue weighted by molar-refractivity contribution is 6.02. The predicted molar refractivity (Wildman–Crippen MR) is 79.7 cm³/mol. The maximum Gasteiger partial charge on any atom is 0.232 e. The van der Waals surface area contributed by atoms with Crippen molar-refractivity contribution < 1.29 is 14.3 Å². The summed E-state index contributed by atoms with van der Waals surface area (Å²) in [6.07, 6.45) is 0. The van der Waals surface area contributed by atoms with Gasteiger partial charge in [-0.1, -0.05) is 20.8 Å². The molecule has 0 bridgehead atoms. The van der Waals surface area contributed by atoms with Gasteiger partial charge in [0.2, 0.25) is 11.8 Å². The highest BCUT2D eigenvalue weighted by atomic mass is 16.5. The molecule has 0 radical (unpaired) electrons. The second-order valence-electron chi connectivity index (χ2n) is 6.94. The predicted octanol–water partition coefficient (Wildman–Crippen LogP) is -0.157. The molecule has 2 N–H and O–H groups in total. The summed E-state index contributed by atoms with van der Waals surface area (Å²) < 4.78 is 5.29. The number of amides is 2. The quantitative estimate of drug-likeness (QED) is 0.708. The van der Waals surface area contributed by atoms with Crippen molar-refractivity contribution in [3.63, 3.8) is 0 Å². The van der Waals surface area contributed by atoms with Gasteiger partial charge >= 0.3 is 0 Å². The summed E-state index contributed by atoms with van der Waals surface area (Å²) in [6, 6.07) is 0. The molecule has 6 heteroatoms. The van der Waals surface area contributed by atoms with Gasteiger partial charge in [0.25, 0.3) is 0 Å². The van der Waals surface area contributed by atoms with Crippen molar-refractivity contribution in [2.75, 3.05) is 45.9 Å². The summed E-state index contributed by atoms with van der Waals surface area (Å²) in [7, 11) is 0. The molecule has 2 rings (SSSR count). The summed E-state index contributed by atoms with van der Waals surface area (Å²) in [6.45, 7) is 11.5. The molecular formula is C15H27N3O3. The fourth-order valence-electron chi connectivity index (χ4n) is 3.00. The minimum atomic E-state index is -0.560. The molecule has 0 saturated carbocycles. The first kappa shape index (κ1) is 16.2. The monoisotopic (exact) mass is 297 g/mol. The average Bonchev–Trinajstić information content (AvgIpc) is 2.82. The van der Waals surface area contributed by atoms with E-state index in [-0.39, 0.29) is 23.1 Å². The first-order valence-electron chi connectivity index (χ1n) is 7.75.